The standard InChI is InChI=1S/C15H9Cl2F3O/c1-8-4-10(15(18,19)20)2-3-13(8)14(21)9-5-11(16)7-12(17)6-9/h2-7H,1H3. The molecule has 2 aromatic carbocycles. The van der Waals surface area contributed by atoms with E-state index in [1.807, 2.05) is 0 Å². The van der Waals surface area contributed by atoms with Gasteiger partial charge in [0.05, 0.1) is 5.56 Å². The summed E-state index contributed by atoms with van der Waals surface area (Å²) in [7, 11) is 0. The first-order valence-electron chi connectivity index (χ1n) is 5.87. The number of aryl methyl sites for hydroxylation is 1. The van der Waals surface area contributed by atoms with Crippen LogP contribution < -0.4 is 0 Å². The van der Waals surface area contributed by atoms with Gasteiger partial charge in [0, 0.05) is 21.2 Å². The van der Waals surface area contributed by atoms with Crippen LogP contribution in [-0.4, -0.2) is 5.78 Å². The van der Waals surface area contributed by atoms with E-state index in [-0.39, 0.29) is 26.7 Å². The number of hydrogen-bond donors (Lipinski definition) is 0. The van der Waals surface area contributed by atoms with Crippen LogP contribution in [0.5, 0.6) is 0 Å². The largest absolute Gasteiger partial charge is 0.416 e. The molecule has 0 atom stereocenters. The molecule has 21 heavy (non-hydrogen) atoms. The Hall–Kier alpha value is -1.52. The van der Waals surface area contributed by atoms with Crippen LogP contribution in [0.3, 0.4) is 0 Å². The van der Waals surface area contributed by atoms with Gasteiger partial charge in [-0.05, 0) is 42.8 Å². The Morgan fingerprint density at radius 3 is 2.05 bits per heavy atom. The number of alkyl halides is 3. The van der Waals surface area contributed by atoms with Crippen LogP contribution in [0.1, 0.15) is 27.0 Å². The lowest BCUT2D eigenvalue weighted by atomic mass is 9.97. The van der Waals surface area contributed by atoms with E-state index >= 15 is 0 Å². The fourth-order valence-electron chi connectivity index (χ4n) is 1.94. The molecule has 0 saturated carbocycles. The van der Waals surface area contributed by atoms with Gasteiger partial charge in [-0.25, -0.2) is 0 Å². The molecule has 0 fully saturated rings. The van der Waals surface area contributed by atoms with E-state index in [4.69, 9.17) is 23.2 Å². The molecule has 110 valence electrons. The van der Waals surface area contributed by atoms with Crippen molar-refractivity contribution in [2.24, 2.45) is 0 Å². The van der Waals surface area contributed by atoms with Crippen molar-refractivity contribution < 1.29 is 18.0 Å². The maximum Gasteiger partial charge on any atom is 0.416 e. The van der Waals surface area contributed by atoms with Gasteiger partial charge in [-0.1, -0.05) is 29.3 Å². The smallest absolute Gasteiger partial charge is 0.289 e. The summed E-state index contributed by atoms with van der Waals surface area (Å²) in [4.78, 5) is 12.3. The fourth-order valence-corrected chi connectivity index (χ4v) is 2.46. The van der Waals surface area contributed by atoms with Crippen molar-refractivity contribution in [1.82, 2.24) is 0 Å². The molecule has 2 rings (SSSR count). The molecule has 0 spiro atoms. The number of rotatable bonds is 2. The molecule has 1 nitrogen and oxygen atoms in total. The fraction of sp³-hybridized carbons (Fsp3) is 0.133. The van der Waals surface area contributed by atoms with E-state index < -0.39 is 17.5 Å². The third kappa shape index (κ3) is 3.57. The first kappa shape index (κ1) is 15.9. The summed E-state index contributed by atoms with van der Waals surface area (Å²) >= 11 is 11.6. The van der Waals surface area contributed by atoms with Crippen LogP contribution in [0.25, 0.3) is 0 Å². The molecule has 0 saturated heterocycles. The highest BCUT2D eigenvalue weighted by molar-refractivity contribution is 6.35. The van der Waals surface area contributed by atoms with Crippen LogP contribution in [0.2, 0.25) is 10.0 Å². The summed E-state index contributed by atoms with van der Waals surface area (Å²) in [6.07, 6.45) is -4.44. The van der Waals surface area contributed by atoms with Crippen molar-refractivity contribution in [3.05, 3.63) is 68.7 Å². The Morgan fingerprint density at radius 2 is 1.57 bits per heavy atom. The van der Waals surface area contributed by atoms with Gasteiger partial charge in [-0.15, -0.1) is 0 Å². The Balaban J connectivity index is 2.44. The lowest BCUT2D eigenvalue weighted by molar-refractivity contribution is -0.137. The minimum absolute atomic E-state index is 0.182. The number of carbonyl (C=O) groups is 1. The molecule has 0 aliphatic rings. The highest BCUT2D eigenvalue weighted by atomic mass is 35.5. The third-order valence-corrected chi connectivity index (χ3v) is 3.36. The second-order valence-corrected chi connectivity index (χ2v) is 5.39. The van der Waals surface area contributed by atoms with Crippen molar-refractivity contribution in [1.29, 1.82) is 0 Å². The normalized spacial score (nSPS) is 11.5. The highest BCUT2D eigenvalue weighted by Crippen LogP contribution is 2.31. The zero-order valence-corrected chi connectivity index (χ0v) is 12.3. The van der Waals surface area contributed by atoms with Gasteiger partial charge in [0.2, 0.25) is 0 Å². The van der Waals surface area contributed by atoms with Crippen LogP contribution in [0.15, 0.2) is 36.4 Å². The molecule has 0 heterocycles. The maximum absolute atomic E-state index is 12.6. The minimum Gasteiger partial charge on any atom is -0.289 e. The van der Waals surface area contributed by atoms with E-state index in [2.05, 4.69) is 0 Å². The van der Waals surface area contributed by atoms with Gasteiger partial charge in [-0.2, -0.15) is 13.2 Å². The lowest BCUT2D eigenvalue weighted by Crippen LogP contribution is -2.09. The zero-order valence-electron chi connectivity index (χ0n) is 10.8. The summed E-state index contributed by atoms with van der Waals surface area (Å²) < 4.78 is 37.8. The van der Waals surface area contributed by atoms with Gasteiger partial charge >= 0.3 is 6.18 Å². The number of ketones is 1. The molecule has 0 aliphatic heterocycles. The summed E-state index contributed by atoms with van der Waals surface area (Å²) in [5.74, 6) is -0.425. The van der Waals surface area contributed by atoms with Crippen molar-refractivity contribution in [3.8, 4) is 0 Å². The monoisotopic (exact) mass is 332 g/mol. The molecule has 6 heteroatoms. The molecule has 0 unspecified atom stereocenters. The number of carbonyl (C=O) groups excluding carboxylic acids is 1. The average Bonchev–Trinajstić information content (AvgIpc) is 2.35. The Bertz CT molecular complexity index is 688. The molecule has 0 radical (unpaired) electrons. The highest BCUT2D eigenvalue weighted by Gasteiger charge is 2.31. The van der Waals surface area contributed by atoms with Crippen LogP contribution >= 0.6 is 23.2 Å². The van der Waals surface area contributed by atoms with Crippen molar-refractivity contribution in [2.75, 3.05) is 0 Å². The van der Waals surface area contributed by atoms with Gasteiger partial charge in [0.25, 0.3) is 0 Å². The summed E-state index contributed by atoms with van der Waals surface area (Å²) in [5.41, 5.74) is -0.136. The molecule has 0 N–H and O–H groups in total. The topological polar surface area (TPSA) is 17.1 Å². The minimum atomic E-state index is -4.44. The molecule has 2 aromatic rings. The first-order chi connectivity index (χ1) is 9.68. The zero-order chi connectivity index (χ0) is 15.8. The molecule has 0 aromatic heterocycles. The van der Waals surface area contributed by atoms with Crippen LogP contribution in [-0.2, 0) is 6.18 Å². The Labute approximate surface area is 129 Å². The average molecular weight is 333 g/mol. The van der Waals surface area contributed by atoms with E-state index in [9.17, 15) is 18.0 Å². The van der Waals surface area contributed by atoms with E-state index in [1.165, 1.54) is 25.1 Å². The van der Waals surface area contributed by atoms with E-state index in [0.29, 0.717) is 0 Å². The number of benzene rings is 2. The Morgan fingerprint density at radius 1 is 1.00 bits per heavy atom. The summed E-state index contributed by atoms with van der Waals surface area (Å²) in [6, 6.07) is 7.31. The molecule has 0 amide bonds. The first-order valence-corrected chi connectivity index (χ1v) is 6.63. The second-order valence-electron chi connectivity index (χ2n) is 4.51. The molecular weight excluding hydrogens is 324 g/mol. The van der Waals surface area contributed by atoms with Gasteiger partial charge in [-0.3, -0.25) is 4.79 Å². The summed E-state index contributed by atoms with van der Waals surface area (Å²) in [6.45, 7) is 1.45. The van der Waals surface area contributed by atoms with Crippen LogP contribution in [0.4, 0.5) is 13.2 Å². The van der Waals surface area contributed by atoms with E-state index in [0.717, 1.165) is 18.2 Å². The molecule has 0 aliphatic carbocycles. The molecule has 0 bridgehead atoms. The quantitative estimate of drug-likeness (QED) is 0.659. The van der Waals surface area contributed by atoms with Crippen molar-refractivity contribution in [2.45, 2.75) is 13.1 Å². The number of halogens is 5. The van der Waals surface area contributed by atoms with Gasteiger partial charge in [0.1, 0.15) is 0 Å². The van der Waals surface area contributed by atoms with Crippen molar-refractivity contribution >= 4 is 29.0 Å². The molecular formula is C15H9Cl2F3O. The Kier molecular flexibility index (Phi) is 4.30. The maximum atomic E-state index is 12.6. The second kappa shape index (κ2) is 5.70. The van der Waals surface area contributed by atoms with Gasteiger partial charge in [0.15, 0.2) is 5.78 Å². The lowest BCUT2D eigenvalue weighted by Gasteiger charge is -2.11. The van der Waals surface area contributed by atoms with Gasteiger partial charge < -0.3 is 0 Å². The third-order valence-electron chi connectivity index (χ3n) is 2.92. The summed E-state index contributed by atoms with van der Waals surface area (Å²) in [5, 5.41) is 0.575. The predicted molar refractivity (Wildman–Crippen MR) is 76.1 cm³/mol. The predicted octanol–water partition coefficient (Wildman–Crippen LogP) is 5.55. The van der Waals surface area contributed by atoms with Crippen molar-refractivity contribution in [3.63, 3.8) is 0 Å². The SMILES string of the molecule is Cc1cc(C(F)(F)F)ccc1C(=O)c1cc(Cl)cc(Cl)c1. The van der Waals surface area contributed by atoms with E-state index in [1.54, 1.807) is 0 Å². The number of hydrogen-bond acceptors (Lipinski definition) is 1. The van der Waals surface area contributed by atoms with Crippen LogP contribution in [0, 0.1) is 6.92 Å².